The zero-order chi connectivity index (χ0) is 17.2. The van der Waals surface area contributed by atoms with Crippen LogP contribution in [0.4, 0.5) is 0 Å². The lowest BCUT2D eigenvalue weighted by Crippen LogP contribution is -2.14. The van der Waals surface area contributed by atoms with Gasteiger partial charge in [0.15, 0.2) is 22.2 Å². The number of Topliss-reactive ketones (excluding diaryl/α,β-unsaturated/α-hetero) is 1. The summed E-state index contributed by atoms with van der Waals surface area (Å²) in [6, 6.07) is 5.49. The molecule has 0 fully saturated rings. The SMILES string of the molecule is Cc1nc(C)c(C(=O)OCC(=O)c2ccc(S(C)(=O)=O)cc2)s1. The number of nitrogens with zero attached hydrogens (tertiary/aromatic N) is 1. The molecule has 0 radical (unpaired) electrons. The van der Waals surface area contributed by atoms with Crippen LogP contribution in [0.3, 0.4) is 0 Å². The van der Waals surface area contributed by atoms with Crippen LogP contribution in [-0.2, 0) is 14.6 Å². The summed E-state index contributed by atoms with van der Waals surface area (Å²) in [6.45, 7) is 3.07. The molecule has 0 aliphatic rings. The Hall–Kier alpha value is -2.06. The normalized spacial score (nSPS) is 11.3. The average molecular weight is 353 g/mol. The third-order valence-corrected chi connectivity index (χ3v) is 5.21. The number of benzene rings is 1. The van der Waals surface area contributed by atoms with Crippen LogP contribution < -0.4 is 0 Å². The van der Waals surface area contributed by atoms with Crippen LogP contribution in [0, 0.1) is 13.8 Å². The van der Waals surface area contributed by atoms with E-state index in [1.54, 1.807) is 13.8 Å². The van der Waals surface area contributed by atoms with Crippen molar-refractivity contribution >= 4 is 32.9 Å². The number of carbonyl (C=O) groups excluding carboxylic acids is 2. The summed E-state index contributed by atoms with van der Waals surface area (Å²) in [5, 5.41) is 0.747. The molecule has 0 amide bonds. The summed E-state index contributed by atoms with van der Waals surface area (Å²) in [7, 11) is -3.31. The molecule has 1 aromatic carbocycles. The van der Waals surface area contributed by atoms with Crippen molar-refractivity contribution in [3.63, 3.8) is 0 Å². The van der Waals surface area contributed by atoms with Gasteiger partial charge in [-0.05, 0) is 38.1 Å². The number of hydrogen-bond acceptors (Lipinski definition) is 7. The van der Waals surface area contributed by atoms with Crippen LogP contribution >= 0.6 is 11.3 Å². The summed E-state index contributed by atoms with van der Waals surface area (Å²) in [5.41, 5.74) is 0.852. The number of carbonyl (C=O) groups is 2. The van der Waals surface area contributed by atoms with E-state index in [0.29, 0.717) is 10.6 Å². The zero-order valence-corrected chi connectivity index (χ0v) is 14.5. The molecular formula is C15H15NO5S2. The fourth-order valence-electron chi connectivity index (χ4n) is 1.89. The van der Waals surface area contributed by atoms with Crippen LogP contribution in [0.15, 0.2) is 29.2 Å². The van der Waals surface area contributed by atoms with Crippen LogP contribution in [0.1, 0.15) is 30.7 Å². The first kappa shape index (κ1) is 17.3. The second kappa shape index (κ2) is 6.59. The molecule has 8 heteroatoms. The zero-order valence-electron chi connectivity index (χ0n) is 12.8. The van der Waals surface area contributed by atoms with Crippen molar-refractivity contribution in [2.24, 2.45) is 0 Å². The molecule has 2 rings (SSSR count). The number of ether oxygens (including phenoxy) is 1. The highest BCUT2D eigenvalue weighted by atomic mass is 32.2. The van der Waals surface area contributed by atoms with Crippen molar-refractivity contribution in [3.8, 4) is 0 Å². The van der Waals surface area contributed by atoms with Crippen molar-refractivity contribution in [2.45, 2.75) is 18.7 Å². The van der Waals surface area contributed by atoms with Gasteiger partial charge in [0.2, 0.25) is 0 Å². The smallest absolute Gasteiger partial charge is 0.350 e. The quantitative estimate of drug-likeness (QED) is 0.605. The fraction of sp³-hybridized carbons (Fsp3) is 0.267. The molecule has 0 saturated carbocycles. The lowest BCUT2D eigenvalue weighted by atomic mass is 10.1. The highest BCUT2D eigenvalue weighted by molar-refractivity contribution is 7.90. The van der Waals surface area contributed by atoms with E-state index < -0.39 is 28.2 Å². The Morgan fingerprint density at radius 1 is 1.17 bits per heavy atom. The molecule has 0 aliphatic carbocycles. The molecule has 0 atom stereocenters. The van der Waals surface area contributed by atoms with Gasteiger partial charge in [-0.15, -0.1) is 11.3 Å². The largest absolute Gasteiger partial charge is 0.453 e. The van der Waals surface area contributed by atoms with Crippen LogP contribution in [0.2, 0.25) is 0 Å². The average Bonchev–Trinajstić information content (AvgIpc) is 2.82. The van der Waals surface area contributed by atoms with Gasteiger partial charge >= 0.3 is 5.97 Å². The van der Waals surface area contributed by atoms with Crippen molar-refractivity contribution in [1.29, 1.82) is 0 Å². The summed E-state index contributed by atoms with van der Waals surface area (Å²) < 4.78 is 27.7. The van der Waals surface area contributed by atoms with Crippen molar-refractivity contribution in [2.75, 3.05) is 12.9 Å². The first-order valence-electron chi connectivity index (χ1n) is 6.63. The van der Waals surface area contributed by atoms with E-state index in [0.717, 1.165) is 11.3 Å². The number of thiazole rings is 1. The van der Waals surface area contributed by atoms with Crippen molar-refractivity contribution in [3.05, 3.63) is 45.4 Å². The standard InChI is InChI=1S/C15H15NO5S2/c1-9-14(22-10(2)16-9)15(18)21-8-13(17)11-4-6-12(7-5-11)23(3,19)20/h4-7H,8H2,1-3H3. The monoisotopic (exact) mass is 353 g/mol. The van der Waals surface area contributed by atoms with Crippen LogP contribution in [0.25, 0.3) is 0 Å². The number of hydrogen-bond donors (Lipinski definition) is 0. The van der Waals surface area contributed by atoms with Crippen LogP contribution in [-0.4, -0.2) is 38.0 Å². The first-order valence-corrected chi connectivity index (χ1v) is 9.34. The second-order valence-electron chi connectivity index (χ2n) is 4.94. The van der Waals surface area contributed by atoms with Gasteiger partial charge in [0, 0.05) is 11.8 Å². The Kier molecular flexibility index (Phi) is 4.96. The summed E-state index contributed by atoms with van der Waals surface area (Å²) in [5.74, 6) is -0.994. The van der Waals surface area contributed by atoms with Gasteiger partial charge in [-0.1, -0.05) is 0 Å². The molecule has 0 saturated heterocycles. The molecule has 0 bridgehead atoms. The Morgan fingerprint density at radius 3 is 2.26 bits per heavy atom. The molecule has 1 heterocycles. The molecule has 1 aromatic heterocycles. The predicted octanol–water partition coefficient (Wildman–Crippen LogP) is 2.20. The van der Waals surface area contributed by atoms with E-state index in [-0.39, 0.29) is 10.5 Å². The topological polar surface area (TPSA) is 90.4 Å². The molecule has 0 aliphatic heterocycles. The van der Waals surface area contributed by atoms with Gasteiger partial charge in [-0.25, -0.2) is 18.2 Å². The molecule has 0 unspecified atom stereocenters. The summed E-state index contributed by atoms with van der Waals surface area (Å²) in [6.07, 6.45) is 1.09. The van der Waals surface area contributed by atoms with Gasteiger partial charge in [0.1, 0.15) is 4.88 Å². The minimum Gasteiger partial charge on any atom is -0.453 e. The Labute approximate surface area is 138 Å². The summed E-state index contributed by atoms with van der Waals surface area (Å²) >= 11 is 1.21. The Balaban J connectivity index is 2.02. The summed E-state index contributed by atoms with van der Waals surface area (Å²) in [4.78, 5) is 28.5. The van der Waals surface area contributed by atoms with E-state index in [1.807, 2.05) is 0 Å². The maximum absolute atomic E-state index is 12.0. The van der Waals surface area contributed by atoms with E-state index in [4.69, 9.17) is 4.74 Å². The van der Waals surface area contributed by atoms with E-state index in [2.05, 4.69) is 4.98 Å². The van der Waals surface area contributed by atoms with Gasteiger partial charge in [-0.3, -0.25) is 4.79 Å². The fourth-order valence-corrected chi connectivity index (χ4v) is 3.33. The maximum Gasteiger partial charge on any atom is 0.350 e. The minimum absolute atomic E-state index is 0.127. The van der Waals surface area contributed by atoms with Crippen molar-refractivity contribution in [1.82, 2.24) is 4.98 Å². The van der Waals surface area contributed by atoms with E-state index in [9.17, 15) is 18.0 Å². The number of sulfone groups is 1. The number of aromatic nitrogens is 1. The Morgan fingerprint density at radius 2 is 1.78 bits per heavy atom. The maximum atomic E-state index is 12.0. The molecule has 2 aromatic rings. The lowest BCUT2D eigenvalue weighted by molar-refractivity contribution is 0.0478. The molecule has 6 nitrogen and oxygen atoms in total. The highest BCUT2D eigenvalue weighted by Crippen LogP contribution is 2.18. The third kappa shape index (κ3) is 4.23. The van der Waals surface area contributed by atoms with Gasteiger partial charge in [0.05, 0.1) is 15.6 Å². The minimum atomic E-state index is -3.31. The van der Waals surface area contributed by atoms with Gasteiger partial charge in [0.25, 0.3) is 0 Å². The lowest BCUT2D eigenvalue weighted by Gasteiger charge is -2.04. The molecule has 23 heavy (non-hydrogen) atoms. The van der Waals surface area contributed by atoms with Gasteiger partial charge in [-0.2, -0.15) is 0 Å². The predicted molar refractivity (Wildman–Crippen MR) is 85.8 cm³/mol. The molecule has 0 spiro atoms. The van der Waals surface area contributed by atoms with Crippen molar-refractivity contribution < 1.29 is 22.7 Å². The van der Waals surface area contributed by atoms with E-state index in [1.165, 1.54) is 35.6 Å². The van der Waals surface area contributed by atoms with E-state index >= 15 is 0 Å². The number of rotatable bonds is 5. The number of esters is 1. The molecule has 122 valence electrons. The number of aryl methyl sites for hydroxylation is 2. The third-order valence-electron chi connectivity index (χ3n) is 3.03. The molecule has 0 N–H and O–H groups in total. The first-order chi connectivity index (χ1) is 10.7. The van der Waals surface area contributed by atoms with Gasteiger partial charge < -0.3 is 4.74 Å². The number of ketones is 1. The van der Waals surface area contributed by atoms with Crippen LogP contribution in [0.5, 0.6) is 0 Å². The highest BCUT2D eigenvalue weighted by Gasteiger charge is 2.17. The Bertz CT molecular complexity index is 850. The second-order valence-corrected chi connectivity index (χ2v) is 8.16. The molecular weight excluding hydrogens is 338 g/mol.